The van der Waals surface area contributed by atoms with Gasteiger partial charge >= 0.3 is 0 Å². The minimum Gasteiger partial charge on any atom is -0.347 e. The fourth-order valence-electron chi connectivity index (χ4n) is 2.09. The third-order valence-corrected chi connectivity index (χ3v) is 6.81. The lowest BCUT2D eigenvalue weighted by molar-refractivity contribution is -0.384. The van der Waals surface area contributed by atoms with Gasteiger partial charge in [0.1, 0.15) is 5.02 Å². The Kier molecular flexibility index (Phi) is 5.48. The van der Waals surface area contributed by atoms with E-state index in [1.807, 2.05) is 6.07 Å². The number of nitro groups is 1. The maximum absolute atomic E-state index is 12.4. The number of hydrogen-bond acceptors (Lipinski definition) is 4. The lowest BCUT2D eigenvalue weighted by Gasteiger charge is -2.35. The van der Waals surface area contributed by atoms with E-state index in [4.69, 9.17) is 11.6 Å². The first-order valence-electron chi connectivity index (χ1n) is 7.03. The molecule has 0 saturated carbocycles. The quantitative estimate of drug-likeness (QED) is 0.598. The Labute approximate surface area is 146 Å². The molecule has 24 heavy (non-hydrogen) atoms. The number of anilines is 1. The number of carbonyl (C=O) groups is 1. The van der Waals surface area contributed by atoms with Crippen molar-refractivity contribution < 1.29 is 14.3 Å². The van der Waals surface area contributed by atoms with Crippen molar-refractivity contribution in [1.29, 1.82) is 0 Å². The molecule has 0 aliphatic carbocycles. The first kappa shape index (κ1) is 18.3. The van der Waals surface area contributed by atoms with E-state index in [0.29, 0.717) is 10.6 Å². The van der Waals surface area contributed by atoms with Crippen LogP contribution in [0.15, 0.2) is 53.4 Å². The predicted octanol–water partition coefficient (Wildman–Crippen LogP) is 4.54. The number of rotatable bonds is 5. The Morgan fingerprint density at radius 1 is 1.29 bits per heavy atom. The maximum Gasteiger partial charge on any atom is 0.288 e. The van der Waals surface area contributed by atoms with Crippen LogP contribution in [0.1, 0.15) is 6.92 Å². The molecule has 0 saturated heterocycles. The highest BCUT2D eigenvalue weighted by molar-refractivity contribution is 8.29. The number of carbonyl (C=O) groups excluding carboxylic acids is 1. The van der Waals surface area contributed by atoms with E-state index >= 15 is 0 Å². The zero-order valence-electron chi connectivity index (χ0n) is 13.1. The molecule has 0 aliphatic rings. The Morgan fingerprint density at radius 3 is 2.46 bits per heavy atom. The second kappa shape index (κ2) is 7.21. The molecule has 2 aromatic carbocycles. The topological polar surface area (TPSA) is 92.5 Å². The number of halogens is 1. The summed E-state index contributed by atoms with van der Waals surface area (Å²) in [6.07, 6.45) is 1.65. The van der Waals surface area contributed by atoms with Crippen LogP contribution in [-0.4, -0.2) is 26.9 Å². The molecular formula is C16H17ClN2O4S. The zero-order chi connectivity index (χ0) is 17.9. The van der Waals surface area contributed by atoms with E-state index in [2.05, 4.69) is 5.32 Å². The molecule has 2 unspecified atom stereocenters. The number of benzene rings is 2. The highest BCUT2D eigenvalue weighted by Gasteiger charge is 2.31. The summed E-state index contributed by atoms with van der Waals surface area (Å²) < 4.78 is 10.8. The molecule has 8 heteroatoms. The zero-order valence-corrected chi connectivity index (χ0v) is 14.7. The second-order valence-electron chi connectivity index (χ2n) is 5.30. The molecule has 2 rings (SSSR count). The molecule has 2 N–H and O–H groups in total. The van der Waals surface area contributed by atoms with Crippen LogP contribution in [0.4, 0.5) is 11.4 Å². The maximum atomic E-state index is 12.4. The summed E-state index contributed by atoms with van der Waals surface area (Å²) in [6.45, 7) is 1.64. The van der Waals surface area contributed by atoms with Gasteiger partial charge in [0.25, 0.3) is 5.69 Å². The van der Waals surface area contributed by atoms with Gasteiger partial charge in [-0.1, -0.05) is 29.8 Å². The number of nitrogens with zero attached hydrogens (tertiary/aromatic N) is 1. The monoisotopic (exact) mass is 368 g/mol. The second-order valence-corrected chi connectivity index (χ2v) is 8.76. The van der Waals surface area contributed by atoms with Crippen molar-refractivity contribution in [2.45, 2.75) is 17.1 Å². The number of hydrogen-bond donors (Lipinski definition) is 2. The van der Waals surface area contributed by atoms with Crippen molar-refractivity contribution in [2.75, 3.05) is 11.6 Å². The summed E-state index contributed by atoms with van der Waals surface area (Å²) in [5.74, 6) is -0.385. The molecule has 0 aromatic heterocycles. The predicted molar refractivity (Wildman–Crippen MR) is 97.0 cm³/mol. The SMILES string of the molecule is CC(C(=O)Nc1ccc([N+](=O)[O-])c(Cl)c1)S(C)(O)c1ccccc1. The summed E-state index contributed by atoms with van der Waals surface area (Å²) in [5, 5.41) is 12.7. The van der Waals surface area contributed by atoms with Crippen LogP contribution in [0.25, 0.3) is 0 Å². The largest absolute Gasteiger partial charge is 0.347 e. The van der Waals surface area contributed by atoms with E-state index < -0.39 is 20.5 Å². The Morgan fingerprint density at radius 2 is 1.92 bits per heavy atom. The van der Waals surface area contributed by atoms with Gasteiger partial charge in [-0.2, -0.15) is 0 Å². The molecule has 128 valence electrons. The van der Waals surface area contributed by atoms with Crippen molar-refractivity contribution in [3.05, 3.63) is 63.7 Å². The molecule has 2 aromatic rings. The van der Waals surface area contributed by atoms with Gasteiger partial charge in [0, 0.05) is 16.6 Å². The van der Waals surface area contributed by atoms with E-state index in [-0.39, 0.29) is 16.6 Å². The summed E-state index contributed by atoms with van der Waals surface area (Å²) in [4.78, 5) is 23.3. The summed E-state index contributed by atoms with van der Waals surface area (Å²) in [5.41, 5.74) is 0.107. The first-order valence-corrected chi connectivity index (χ1v) is 9.47. The third kappa shape index (κ3) is 3.87. The Balaban J connectivity index is 2.17. The highest BCUT2D eigenvalue weighted by Crippen LogP contribution is 2.52. The van der Waals surface area contributed by atoms with Crippen LogP contribution >= 0.6 is 21.9 Å². The van der Waals surface area contributed by atoms with E-state index in [9.17, 15) is 19.5 Å². The van der Waals surface area contributed by atoms with Crippen molar-refractivity contribution >= 4 is 39.2 Å². The van der Waals surface area contributed by atoms with Crippen LogP contribution in [0.2, 0.25) is 5.02 Å². The van der Waals surface area contributed by atoms with Gasteiger partial charge in [0.15, 0.2) is 0 Å². The minimum atomic E-state index is -2.34. The molecule has 2 atom stereocenters. The van der Waals surface area contributed by atoms with Crippen molar-refractivity contribution in [3.8, 4) is 0 Å². The fourth-order valence-corrected chi connectivity index (χ4v) is 3.93. The van der Waals surface area contributed by atoms with Gasteiger partial charge in [-0.15, -0.1) is 10.3 Å². The molecule has 0 radical (unpaired) electrons. The molecule has 0 heterocycles. The van der Waals surface area contributed by atoms with Gasteiger partial charge in [-0.05, 0) is 37.4 Å². The minimum absolute atomic E-state index is 0.0624. The Bertz CT molecular complexity index is 768. The number of amides is 1. The molecule has 0 fully saturated rings. The van der Waals surface area contributed by atoms with Crippen LogP contribution in [0.5, 0.6) is 0 Å². The summed E-state index contributed by atoms with van der Waals surface area (Å²) in [6, 6.07) is 12.9. The highest BCUT2D eigenvalue weighted by atomic mass is 35.5. The third-order valence-electron chi connectivity index (χ3n) is 3.69. The van der Waals surface area contributed by atoms with Gasteiger partial charge < -0.3 is 9.87 Å². The summed E-state index contributed by atoms with van der Waals surface area (Å²) >= 11 is 5.84. The van der Waals surface area contributed by atoms with Gasteiger partial charge in [0.05, 0.1) is 10.2 Å². The van der Waals surface area contributed by atoms with Crippen LogP contribution in [-0.2, 0) is 4.79 Å². The van der Waals surface area contributed by atoms with Crippen molar-refractivity contribution in [3.63, 3.8) is 0 Å². The number of nitro benzene ring substituents is 1. The lowest BCUT2D eigenvalue weighted by Crippen LogP contribution is -2.30. The molecule has 0 spiro atoms. The van der Waals surface area contributed by atoms with Crippen LogP contribution in [0, 0.1) is 10.1 Å². The average molecular weight is 369 g/mol. The average Bonchev–Trinajstić information content (AvgIpc) is 2.54. The van der Waals surface area contributed by atoms with Crippen LogP contribution in [0.3, 0.4) is 0 Å². The molecule has 0 bridgehead atoms. The van der Waals surface area contributed by atoms with E-state index in [0.717, 1.165) is 0 Å². The van der Waals surface area contributed by atoms with Gasteiger partial charge in [0.2, 0.25) is 5.91 Å². The van der Waals surface area contributed by atoms with Crippen molar-refractivity contribution in [1.82, 2.24) is 0 Å². The smallest absolute Gasteiger partial charge is 0.288 e. The molecule has 0 aliphatic heterocycles. The van der Waals surface area contributed by atoms with Gasteiger partial charge in [-0.25, -0.2) is 0 Å². The van der Waals surface area contributed by atoms with E-state index in [1.165, 1.54) is 18.2 Å². The standard InChI is InChI=1S/C16H17ClN2O4S/c1-11(24(2,23)13-6-4-3-5-7-13)16(20)18-12-8-9-15(19(21)22)14(17)10-12/h3-11,23H,1-2H3,(H,18,20). The van der Waals surface area contributed by atoms with Crippen molar-refractivity contribution in [2.24, 2.45) is 0 Å². The molecular weight excluding hydrogens is 352 g/mol. The first-order chi connectivity index (χ1) is 11.2. The summed E-state index contributed by atoms with van der Waals surface area (Å²) in [7, 11) is -2.34. The number of nitrogens with one attached hydrogen (secondary N) is 1. The lowest BCUT2D eigenvalue weighted by atomic mass is 10.2. The van der Waals surface area contributed by atoms with Gasteiger partial charge in [-0.3, -0.25) is 14.9 Å². The molecule has 6 nitrogen and oxygen atoms in total. The fraction of sp³-hybridized carbons (Fsp3) is 0.188. The normalized spacial score (nSPS) is 15.8. The Hall–Kier alpha value is -2.09. The van der Waals surface area contributed by atoms with Crippen LogP contribution < -0.4 is 5.32 Å². The molecule has 1 amide bonds. The van der Waals surface area contributed by atoms with E-state index in [1.54, 1.807) is 37.4 Å².